The number of rotatable bonds is 3. The predicted octanol–water partition coefficient (Wildman–Crippen LogP) is 3.34. The van der Waals surface area contributed by atoms with Gasteiger partial charge < -0.3 is 4.42 Å². The highest BCUT2D eigenvalue weighted by molar-refractivity contribution is 6.69. The molecule has 6 heteroatoms. The number of hydrogen-bond acceptors (Lipinski definition) is 1. The van der Waals surface area contributed by atoms with Crippen molar-refractivity contribution in [2.45, 2.75) is 0 Å². The Kier molecular flexibility index (Phi) is 6.53. The normalized spacial score (nSPS) is 11.8. The van der Waals surface area contributed by atoms with Crippen LogP contribution < -0.4 is 27.3 Å². The Labute approximate surface area is 285 Å². The van der Waals surface area contributed by atoms with Crippen molar-refractivity contribution in [2.24, 2.45) is 0 Å². The van der Waals surface area contributed by atoms with Gasteiger partial charge in [-0.15, -0.1) is 16.4 Å². The van der Waals surface area contributed by atoms with Gasteiger partial charge in [-0.05, 0) is 72.3 Å². The summed E-state index contributed by atoms with van der Waals surface area (Å²) in [5.74, 6) is 0. The van der Waals surface area contributed by atoms with Gasteiger partial charge in [-0.25, -0.2) is 0 Å². The minimum Gasteiger partial charge on any atom is -0.455 e. The second kappa shape index (κ2) is 10.9. The first-order valence-electron chi connectivity index (χ1n) is 16.9. The Hall–Kier alpha value is -5.34. The summed E-state index contributed by atoms with van der Waals surface area (Å²) in [5, 5.41) is 9.84. The van der Waals surface area contributed by atoms with Crippen molar-refractivity contribution in [2.75, 3.05) is 0 Å². The third-order valence-corrected chi connectivity index (χ3v) is 11.0. The van der Waals surface area contributed by atoms with Crippen LogP contribution >= 0.6 is 0 Å². The van der Waals surface area contributed by atoms with E-state index in [1.807, 2.05) is 0 Å². The van der Waals surface area contributed by atoms with Gasteiger partial charge in [-0.1, -0.05) is 126 Å². The fraction of sp³-hybridized carbons (Fsp3) is 0. The zero-order valence-corrected chi connectivity index (χ0v) is 28.0. The Bertz CT molecular complexity index is 2710. The van der Waals surface area contributed by atoms with Crippen LogP contribution in [0.15, 0.2) is 132 Å². The minimum absolute atomic E-state index is 0.907. The van der Waals surface area contributed by atoms with Gasteiger partial charge in [0.1, 0.15) is 50.4 Å². The lowest BCUT2D eigenvalue weighted by atomic mass is 9.59. The summed E-state index contributed by atoms with van der Waals surface area (Å²) in [6, 6.07) is 46.3. The van der Waals surface area contributed by atoms with Gasteiger partial charge in [-0.3, -0.25) is 0 Å². The molecule has 8 aromatic carbocycles. The van der Waals surface area contributed by atoms with Crippen molar-refractivity contribution in [3.8, 4) is 33.4 Å². The predicted molar refractivity (Wildman–Crippen MR) is 223 cm³/mol. The molecule has 0 fully saturated rings. The largest absolute Gasteiger partial charge is 0.455 e. The van der Waals surface area contributed by atoms with Gasteiger partial charge in [0.2, 0.25) is 0 Å². The molecule has 0 amide bonds. The topological polar surface area (TPSA) is 13.1 Å². The molecular weight excluding hydrogens is 575 g/mol. The van der Waals surface area contributed by atoms with Crippen molar-refractivity contribution in [3.63, 3.8) is 0 Å². The summed E-state index contributed by atoms with van der Waals surface area (Å²) in [6.45, 7) is 0. The van der Waals surface area contributed by atoms with E-state index in [9.17, 15) is 0 Å². The maximum atomic E-state index is 6.80. The fourth-order valence-corrected chi connectivity index (χ4v) is 8.20. The molecule has 9 rings (SSSR count). The summed E-state index contributed by atoms with van der Waals surface area (Å²) in [4.78, 5) is 0. The van der Waals surface area contributed by atoms with E-state index in [0.717, 1.165) is 33.1 Å². The number of para-hydroxylation sites is 1. The summed E-state index contributed by atoms with van der Waals surface area (Å²) < 4.78 is 6.80. The molecule has 0 atom stereocenters. The van der Waals surface area contributed by atoms with Crippen LogP contribution in [0.2, 0.25) is 0 Å². The van der Waals surface area contributed by atoms with E-state index in [2.05, 4.69) is 167 Å². The summed E-state index contributed by atoms with van der Waals surface area (Å²) in [7, 11) is 11.4. The molecule has 48 heavy (non-hydrogen) atoms. The van der Waals surface area contributed by atoms with Crippen LogP contribution in [0, 0.1) is 0 Å². The lowest BCUT2D eigenvalue weighted by Crippen LogP contribution is -2.55. The molecule has 0 unspecified atom stereocenters. The monoisotopic (exact) mass is 606 g/mol. The quantitative estimate of drug-likeness (QED) is 0.223. The lowest BCUT2D eigenvalue weighted by Gasteiger charge is -2.24. The van der Waals surface area contributed by atoms with Crippen LogP contribution in [-0.4, -0.2) is 39.2 Å². The van der Waals surface area contributed by atoms with Crippen LogP contribution in [0.4, 0.5) is 0 Å². The average molecular weight is 606 g/mol. The van der Waals surface area contributed by atoms with E-state index in [1.54, 1.807) is 0 Å². The first-order valence-corrected chi connectivity index (χ1v) is 16.9. The Morgan fingerprint density at radius 1 is 0.375 bits per heavy atom. The second-order valence-electron chi connectivity index (χ2n) is 13.4. The molecule has 9 aromatic rings. The summed E-state index contributed by atoms with van der Waals surface area (Å²) in [6.07, 6.45) is 0. The molecular formula is C42H31B5O. The molecule has 0 saturated carbocycles. The minimum atomic E-state index is 0.907. The molecule has 0 saturated heterocycles. The molecule has 0 aliphatic heterocycles. The fourth-order valence-electron chi connectivity index (χ4n) is 8.20. The van der Waals surface area contributed by atoms with E-state index in [0.29, 0.717) is 0 Å². The maximum Gasteiger partial charge on any atom is 0.143 e. The number of hydrogen-bond donors (Lipinski definition) is 0. The third kappa shape index (κ3) is 4.12. The summed E-state index contributed by atoms with van der Waals surface area (Å²) >= 11 is 0. The van der Waals surface area contributed by atoms with Crippen molar-refractivity contribution in [3.05, 3.63) is 127 Å². The lowest BCUT2D eigenvalue weighted by molar-refractivity contribution is 0.670. The number of furan rings is 1. The molecule has 1 heterocycles. The van der Waals surface area contributed by atoms with E-state index >= 15 is 0 Å². The highest BCUT2D eigenvalue weighted by Gasteiger charge is 2.23. The van der Waals surface area contributed by atoms with E-state index in [-0.39, 0.29) is 0 Å². The van der Waals surface area contributed by atoms with Gasteiger partial charge in [0.25, 0.3) is 0 Å². The van der Waals surface area contributed by atoms with Gasteiger partial charge >= 0.3 is 0 Å². The molecule has 1 nitrogen and oxygen atoms in total. The highest BCUT2D eigenvalue weighted by Crippen LogP contribution is 2.47. The molecule has 220 valence electrons. The van der Waals surface area contributed by atoms with Crippen molar-refractivity contribution < 1.29 is 4.42 Å². The molecule has 0 aliphatic carbocycles. The van der Waals surface area contributed by atoms with Crippen molar-refractivity contribution in [1.82, 2.24) is 0 Å². The van der Waals surface area contributed by atoms with Crippen molar-refractivity contribution in [1.29, 1.82) is 0 Å². The summed E-state index contributed by atoms with van der Waals surface area (Å²) in [5.41, 5.74) is 16.1. The van der Waals surface area contributed by atoms with Crippen molar-refractivity contribution >= 4 is 121 Å². The third-order valence-electron chi connectivity index (χ3n) is 11.0. The standard InChI is InChI=1S/C42H31B5O/c43-37-36(38(44)40(46)41(47)39(37)45)35-28-13-5-3-11-26(28)33(27-12-4-6-14-29(27)35)30-16-8-18-32-34(30)31-17-7-15-25(42(31)48-32)24-20-19-22-9-1-2-10-23(22)21-24/h1-21H,43-47H2. The number of fused-ring (bicyclic) bond motifs is 6. The van der Waals surface area contributed by atoms with Crippen LogP contribution in [0.25, 0.3) is 87.6 Å². The molecule has 0 N–H and O–H groups in total. The molecule has 0 bridgehead atoms. The Morgan fingerprint density at radius 3 is 1.56 bits per heavy atom. The maximum absolute atomic E-state index is 6.80. The smallest absolute Gasteiger partial charge is 0.143 e. The molecule has 0 spiro atoms. The average Bonchev–Trinajstić information content (AvgIpc) is 3.52. The van der Waals surface area contributed by atoms with Gasteiger partial charge in [0, 0.05) is 16.3 Å². The van der Waals surface area contributed by atoms with E-state index in [4.69, 9.17) is 4.42 Å². The zero-order chi connectivity index (χ0) is 32.7. The van der Waals surface area contributed by atoms with Crippen LogP contribution in [0.3, 0.4) is 0 Å². The molecule has 1 aromatic heterocycles. The molecule has 0 aliphatic rings. The van der Waals surface area contributed by atoms with Crippen LogP contribution in [0.1, 0.15) is 0 Å². The van der Waals surface area contributed by atoms with Gasteiger partial charge in [-0.2, -0.15) is 0 Å². The highest BCUT2D eigenvalue weighted by atomic mass is 16.3. The number of benzene rings is 8. The Balaban J connectivity index is 1.38. The first kappa shape index (κ1) is 28.9. The van der Waals surface area contributed by atoms with Crippen LogP contribution in [-0.2, 0) is 0 Å². The zero-order valence-electron chi connectivity index (χ0n) is 28.0. The Morgan fingerprint density at radius 2 is 0.896 bits per heavy atom. The second-order valence-corrected chi connectivity index (χ2v) is 13.4. The molecule has 0 radical (unpaired) electrons. The SMILES string of the molecule is Bc1c(B)c(B)c(-c2c3ccccc3c(-c3cccc4oc5c(-c6ccc7ccccc7c6)cccc5c34)c3ccccc23)c(B)c1B. The van der Waals surface area contributed by atoms with E-state index in [1.165, 1.54) is 81.9 Å². The first-order chi connectivity index (χ1) is 23.4. The van der Waals surface area contributed by atoms with Gasteiger partial charge in [0.05, 0.1) is 0 Å². The van der Waals surface area contributed by atoms with Gasteiger partial charge in [0.15, 0.2) is 0 Å². The van der Waals surface area contributed by atoms with E-state index < -0.39 is 0 Å². The van der Waals surface area contributed by atoms with Crippen LogP contribution in [0.5, 0.6) is 0 Å².